The summed E-state index contributed by atoms with van der Waals surface area (Å²) < 4.78 is 39.8. The zero-order chi connectivity index (χ0) is 23.3. The molecular weight excluding hydrogens is 427 g/mol. The molecule has 32 heavy (non-hydrogen) atoms. The number of sulfonamides is 1. The van der Waals surface area contributed by atoms with Crippen LogP contribution in [-0.2, 0) is 23.0 Å². The molecule has 3 aromatic carbocycles. The van der Waals surface area contributed by atoms with E-state index in [2.05, 4.69) is 12.2 Å². The van der Waals surface area contributed by atoms with Crippen LogP contribution < -0.4 is 9.62 Å². The Bertz CT molecular complexity index is 1180. The minimum Gasteiger partial charge on any atom is -0.346 e. The third-order valence-corrected chi connectivity index (χ3v) is 6.47. The number of carbonyl (C=O) groups excluding carboxylic acids is 1. The van der Waals surface area contributed by atoms with E-state index >= 15 is 0 Å². The summed E-state index contributed by atoms with van der Waals surface area (Å²) in [7, 11) is -3.66. The van der Waals surface area contributed by atoms with Crippen LogP contribution in [0.4, 0.5) is 10.1 Å². The number of hydrogen-bond donors (Lipinski definition) is 1. The molecule has 5 nitrogen and oxygen atoms in total. The molecule has 1 amide bonds. The quantitative estimate of drug-likeness (QED) is 0.529. The number of nitrogens with one attached hydrogen (secondary N) is 1. The first kappa shape index (κ1) is 23.5. The van der Waals surface area contributed by atoms with Crippen LogP contribution in [0.1, 0.15) is 46.9 Å². The fraction of sp³-hybridized carbons (Fsp3) is 0.240. The van der Waals surface area contributed by atoms with Crippen molar-refractivity contribution in [3.8, 4) is 0 Å². The molecule has 0 aliphatic carbocycles. The molecule has 0 unspecified atom stereocenters. The van der Waals surface area contributed by atoms with Crippen LogP contribution in [0.15, 0.2) is 72.8 Å². The van der Waals surface area contributed by atoms with Gasteiger partial charge in [-0.25, -0.2) is 12.8 Å². The van der Waals surface area contributed by atoms with Crippen LogP contribution in [0.3, 0.4) is 0 Å². The van der Waals surface area contributed by atoms with E-state index in [9.17, 15) is 17.6 Å². The van der Waals surface area contributed by atoms with E-state index in [1.54, 1.807) is 42.5 Å². The highest BCUT2D eigenvalue weighted by Gasteiger charge is 2.20. The van der Waals surface area contributed by atoms with Gasteiger partial charge in [0, 0.05) is 11.1 Å². The van der Waals surface area contributed by atoms with Gasteiger partial charge in [0.05, 0.1) is 24.5 Å². The summed E-state index contributed by atoms with van der Waals surface area (Å²) in [5.41, 5.74) is 3.26. The van der Waals surface area contributed by atoms with Gasteiger partial charge in [-0.15, -0.1) is 0 Å². The van der Waals surface area contributed by atoms with Crippen molar-refractivity contribution in [2.24, 2.45) is 0 Å². The zero-order valence-electron chi connectivity index (χ0n) is 18.4. The van der Waals surface area contributed by atoms with Gasteiger partial charge in [-0.3, -0.25) is 9.10 Å². The van der Waals surface area contributed by atoms with Crippen molar-refractivity contribution in [3.05, 3.63) is 101 Å². The SMILES string of the molecule is CCc1ccc([C@@H](C)NC(=O)c2ccc(N(Cc3ccccc3F)S(C)(=O)=O)cc2)cc1. The first-order chi connectivity index (χ1) is 15.2. The molecular formula is C25H27FN2O3S. The molecule has 0 saturated heterocycles. The van der Waals surface area contributed by atoms with Gasteiger partial charge in [-0.2, -0.15) is 0 Å². The number of rotatable bonds is 8. The third kappa shape index (κ3) is 5.73. The summed E-state index contributed by atoms with van der Waals surface area (Å²) in [6.45, 7) is 3.86. The molecule has 0 aliphatic rings. The Morgan fingerprint density at radius 3 is 2.19 bits per heavy atom. The van der Waals surface area contributed by atoms with Gasteiger partial charge in [-0.05, 0) is 54.8 Å². The van der Waals surface area contributed by atoms with Crippen LogP contribution in [0.5, 0.6) is 0 Å². The molecule has 0 radical (unpaired) electrons. The fourth-order valence-corrected chi connectivity index (χ4v) is 4.24. The number of benzene rings is 3. The lowest BCUT2D eigenvalue weighted by molar-refractivity contribution is 0.0940. The van der Waals surface area contributed by atoms with Crippen LogP contribution >= 0.6 is 0 Å². The highest BCUT2D eigenvalue weighted by Crippen LogP contribution is 2.23. The molecule has 1 N–H and O–H groups in total. The van der Waals surface area contributed by atoms with Gasteiger partial charge in [0.2, 0.25) is 10.0 Å². The van der Waals surface area contributed by atoms with E-state index in [1.165, 1.54) is 11.6 Å². The molecule has 0 bridgehead atoms. The molecule has 0 spiro atoms. The molecule has 3 rings (SSSR count). The summed E-state index contributed by atoms with van der Waals surface area (Å²) in [5.74, 6) is -0.735. The average molecular weight is 455 g/mol. The smallest absolute Gasteiger partial charge is 0.251 e. The van der Waals surface area contributed by atoms with Crippen molar-refractivity contribution in [1.29, 1.82) is 0 Å². The molecule has 168 valence electrons. The highest BCUT2D eigenvalue weighted by molar-refractivity contribution is 7.92. The second-order valence-electron chi connectivity index (χ2n) is 7.70. The molecule has 0 fully saturated rings. The maximum atomic E-state index is 14.1. The summed E-state index contributed by atoms with van der Waals surface area (Å²) in [5, 5.41) is 2.96. The number of hydrogen-bond acceptors (Lipinski definition) is 3. The zero-order valence-corrected chi connectivity index (χ0v) is 19.2. The van der Waals surface area contributed by atoms with E-state index in [0.29, 0.717) is 11.3 Å². The summed E-state index contributed by atoms with van der Waals surface area (Å²) in [6.07, 6.45) is 2.02. The van der Waals surface area contributed by atoms with Crippen molar-refractivity contribution in [2.75, 3.05) is 10.6 Å². The molecule has 0 heterocycles. The largest absolute Gasteiger partial charge is 0.346 e. The Balaban J connectivity index is 1.75. The van der Waals surface area contributed by atoms with Gasteiger partial charge >= 0.3 is 0 Å². The molecule has 3 aromatic rings. The number of aryl methyl sites for hydroxylation is 1. The number of halogens is 1. The lowest BCUT2D eigenvalue weighted by Gasteiger charge is -2.23. The molecule has 1 atom stereocenters. The lowest BCUT2D eigenvalue weighted by atomic mass is 10.0. The molecule has 7 heteroatoms. The van der Waals surface area contributed by atoms with Crippen LogP contribution in [0.25, 0.3) is 0 Å². The van der Waals surface area contributed by atoms with Gasteiger partial charge in [-0.1, -0.05) is 49.4 Å². The van der Waals surface area contributed by atoms with Gasteiger partial charge < -0.3 is 5.32 Å². The second-order valence-corrected chi connectivity index (χ2v) is 9.61. The minimum atomic E-state index is -3.66. The first-order valence-corrected chi connectivity index (χ1v) is 12.2. The topological polar surface area (TPSA) is 66.5 Å². The molecule has 0 aromatic heterocycles. The maximum Gasteiger partial charge on any atom is 0.251 e. The number of anilines is 1. The van der Waals surface area contributed by atoms with Gasteiger partial charge in [0.1, 0.15) is 5.82 Å². The Morgan fingerprint density at radius 1 is 1.00 bits per heavy atom. The van der Waals surface area contributed by atoms with E-state index in [4.69, 9.17) is 0 Å². The van der Waals surface area contributed by atoms with Crippen molar-refractivity contribution >= 4 is 21.6 Å². The normalized spacial score (nSPS) is 12.2. The van der Waals surface area contributed by atoms with Gasteiger partial charge in [0.25, 0.3) is 5.91 Å². The standard InChI is InChI=1S/C25H27FN2O3S/c1-4-19-9-11-20(12-10-19)18(2)27-25(29)21-13-15-23(16-14-21)28(32(3,30)31)17-22-7-5-6-8-24(22)26/h5-16,18H,4,17H2,1-3H3,(H,27,29)/t18-/m1/s1. The first-order valence-electron chi connectivity index (χ1n) is 10.4. The average Bonchev–Trinajstić information content (AvgIpc) is 2.78. The Labute approximate surface area is 188 Å². The highest BCUT2D eigenvalue weighted by atomic mass is 32.2. The van der Waals surface area contributed by atoms with E-state index < -0.39 is 15.8 Å². The predicted molar refractivity (Wildman–Crippen MR) is 126 cm³/mol. The summed E-state index contributed by atoms with van der Waals surface area (Å²) in [6, 6.07) is 20.2. The predicted octanol–water partition coefficient (Wildman–Crippen LogP) is 4.85. The Kier molecular flexibility index (Phi) is 7.30. The van der Waals surface area contributed by atoms with E-state index in [-0.39, 0.29) is 24.1 Å². The third-order valence-electron chi connectivity index (χ3n) is 5.33. The van der Waals surface area contributed by atoms with Crippen molar-refractivity contribution in [2.45, 2.75) is 32.9 Å². The molecule has 0 saturated carbocycles. The lowest BCUT2D eigenvalue weighted by Crippen LogP contribution is -2.30. The van der Waals surface area contributed by atoms with Crippen molar-refractivity contribution in [1.82, 2.24) is 5.32 Å². The van der Waals surface area contributed by atoms with Crippen LogP contribution in [0, 0.1) is 5.82 Å². The monoisotopic (exact) mass is 454 g/mol. The Morgan fingerprint density at radius 2 is 1.62 bits per heavy atom. The summed E-state index contributed by atoms with van der Waals surface area (Å²) >= 11 is 0. The maximum absolute atomic E-state index is 14.1. The molecule has 0 aliphatic heterocycles. The van der Waals surface area contributed by atoms with Crippen LogP contribution in [-0.4, -0.2) is 20.6 Å². The van der Waals surface area contributed by atoms with Crippen molar-refractivity contribution in [3.63, 3.8) is 0 Å². The van der Waals surface area contributed by atoms with E-state index in [0.717, 1.165) is 22.5 Å². The van der Waals surface area contributed by atoms with Crippen molar-refractivity contribution < 1.29 is 17.6 Å². The Hall–Kier alpha value is -3.19. The number of carbonyl (C=O) groups is 1. The second kappa shape index (κ2) is 9.96. The minimum absolute atomic E-state index is 0.137. The fourth-order valence-electron chi connectivity index (χ4n) is 3.37. The van der Waals surface area contributed by atoms with Gasteiger partial charge in [0.15, 0.2) is 0 Å². The number of nitrogens with zero attached hydrogens (tertiary/aromatic N) is 1. The number of amides is 1. The summed E-state index contributed by atoms with van der Waals surface area (Å²) in [4.78, 5) is 12.7. The van der Waals surface area contributed by atoms with Crippen LogP contribution in [0.2, 0.25) is 0 Å². The van der Waals surface area contributed by atoms with E-state index in [1.807, 2.05) is 31.2 Å².